The maximum absolute atomic E-state index is 4.41. The summed E-state index contributed by atoms with van der Waals surface area (Å²) >= 11 is 0. The van der Waals surface area contributed by atoms with Gasteiger partial charge in [0.15, 0.2) is 5.82 Å². The molecule has 1 saturated heterocycles. The molecule has 1 fully saturated rings. The number of anilines is 1. The minimum atomic E-state index is 0.0709. The third-order valence-electron chi connectivity index (χ3n) is 3.74. The molecular formula is C16H28N4. The average Bonchev–Trinajstić information content (AvgIpc) is 2.38. The summed E-state index contributed by atoms with van der Waals surface area (Å²) in [6, 6.07) is 4.23. The molecule has 0 atom stereocenters. The Labute approximate surface area is 123 Å². The first-order chi connectivity index (χ1) is 9.36. The lowest BCUT2D eigenvalue weighted by molar-refractivity contribution is 0.230. The lowest BCUT2D eigenvalue weighted by Crippen LogP contribution is -2.47. The molecule has 2 heterocycles. The summed E-state index contributed by atoms with van der Waals surface area (Å²) in [4.78, 5) is 4.88. The Bertz CT molecular complexity index is 411. The monoisotopic (exact) mass is 276 g/mol. The third-order valence-corrected chi connectivity index (χ3v) is 3.74. The van der Waals surface area contributed by atoms with Crippen LogP contribution in [0.1, 0.15) is 40.3 Å². The summed E-state index contributed by atoms with van der Waals surface area (Å²) in [7, 11) is 0. The summed E-state index contributed by atoms with van der Waals surface area (Å²) in [6.07, 6.45) is 0. The number of nitrogens with zero attached hydrogens (tertiary/aromatic N) is 4. The zero-order valence-corrected chi connectivity index (χ0v) is 13.6. The maximum Gasteiger partial charge on any atom is 0.151 e. The number of rotatable bonds is 3. The van der Waals surface area contributed by atoms with Crippen molar-refractivity contribution in [3.63, 3.8) is 0 Å². The van der Waals surface area contributed by atoms with E-state index in [0.717, 1.165) is 43.6 Å². The Hall–Kier alpha value is -1.16. The van der Waals surface area contributed by atoms with Gasteiger partial charge in [0.05, 0.1) is 5.69 Å². The molecule has 0 aliphatic carbocycles. The van der Waals surface area contributed by atoms with Crippen molar-refractivity contribution in [2.45, 2.75) is 40.0 Å². The van der Waals surface area contributed by atoms with Gasteiger partial charge in [-0.15, -0.1) is 5.10 Å². The van der Waals surface area contributed by atoms with E-state index in [2.05, 4.69) is 66.7 Å². The van der Waals surface area contributed by atoms with Gasteiger partial charge >= 0.3 is 0 Å². The van der Waals surface area contributed by atoms with Crippen LogP contribution in [0.15, 0.2) is 12.1 Å². The van der Waals surface area contributed by atoms with Crippen molar-refractivity contribution in [3.05, 3.63) is 17.8 Å². The molecule has 1 aromatic heterocycles. The molecule has 20 heavy (non-hydrogen) atoms. The largest absolute Gasteiger partial charge is 0.353 e. The molecule has 0 N–H and O–H groups in total. The van der Waals surface area contributed by atoms with Crippen LogP contribution in [0.4, 0.5) is 5.82 Å². The van der Waals surface area contributed by atoms with Crippen molar-refractivity contribution < 1.29 is 0 Å². The van der Waals surface area contributed by atoms with Crippen molar-refractivity contribution >= 4 is 5.82 Å². The summed E-state index contributed by atoms with van der Waals surface area (Å²) in [5, 5.41) is 8.80. The molecule has 0 radical (unpaired) electrons. The fraction of sp³-hybridized carbons (Fsp3) is 0.750. The van der Waals surface area contributed by atoms with Gasteiger partial charge in [-0.1, -0.05) is 34.6 Å². The van der Waals surface area contributed by atoms with Crippen molar-refractivity contribution in [1.29, 1.82) is 0 Å². The van der Waals surface area contributed by atoms with Gasteiger partial charge in [-0.05, 0) is 18.1 Å². The van der Waals surface area contributed by atoms with Crippen LogP contribution in [-0.4, -0.2) is 47.8 Å². The van der Waals surface area contributed by atoms with Gasteiger partial charge in [0.1, 0.15) is 0 Å². The van der Waals surface area contributed by atoms with E-state index < -0.39 is 0 Å². The van der Waals surface area contributed by atoms with Crippen molar-refractivity contribution in [2.24, 2.45) is 5.92 Å². The molecule has 1 aromatic rings. The number of aromatic nitrogens is 2. The average molecular weight is 276 g/mol. The lowest BCUT2D eigenvalue weighted by Gasteiger charge is -2.36. The van der Waals surface area contributed by atoms with Crippen LogP contribution < -0.4 is 4.90 Å². The maximum atomic E-state index is 4.41. The Morgan fingerprint density at radius 1 is 1.05 bits per heavy atom. The van der Waals surface area contributed by atoms with Crippen LogP contribution in [0.5, 0.6) is 0 Å². The number of piperazine rings is 1. The van der Waals surface area contributed by atoms with Gasteiger partial charge < -0.3 is 4.90 Å². The van der Waals surface area contributed by atoms with E-state index >= 15 is 0 Å². The van der Waals surface area contributed by atoms with Crippen LogP contribution >= 0.6 is 0 Å². The smallest absolute Gasteiger partial charge is 0.151 e. The van der Waals surface area contributed by atoms with E-state index in [4.69, 9.17) is 0 Å². The van der Waals surface area contributed by atoms with Crippen molar-refractivity contribution in [1.82, 2.24) is 15.1 Å². The second kappa shape index (κ2) is 6.08. The molecule has 1 aliphatic rings. The molecule has 0 bridgehead atoms. The molecule has 0 amide bonds. The first kappa shape index (κ1) is 15.2. The fourth-order valence-electron chi connectivity index (χ4n) is 2.57. The quantitative estimate of drug-likeness (QED) is 0.849. The SMILES string of the molecule is CC(C)CN1CCN(c2ccc(C(C)(C)C)nn2)CC1. The van der Waals surface area contributed by atoms with Gasteiger partial charge in [0.25, 0.3) is 0 Å². The molecule has 4 nitrogen and oxygen atoms in total. The molecule has 112 valence electrons. The summed E-state index contributed by atoms with van der Waals surface area (Å²) in [5.74, 6) is 1.76. The summed E-state index contributed by atoms with van der Waals surface area (Å²) in [6.45, 7) is 16.6. The topological polar surface area (TPSA) is 32.3 Å². The Balaban J connectivity index is 1.94. The summed E-state index contributed by atoms with van der Waals surface area (Å²) < 4.78 is 0. The highest BCUT2D eigenvalue weighted by molar-refractivity contribution is 5.38. The van der Waals surface area contributed by atoms with Crippen LogP contribution in [0, 0.1) is 5.92 Å². The van der Waals surface area contributed by atoms with E-state index in [1.807, 2.05) is 0 Å². The minimum absolute atomic E-state index is 0.0709. The molecular weight excluding hydrogens is 248 g/mol. The minimum Gasteiger partial charge on any atom is -0.353 e. The molecule has 0 spiro atoms. The highest BCUT2D eigenvalue weighted by Crippen LogP contribution is 2.21. The normalized spacial score (nSPS) is 17.8. The van der Waals surface area contributed by atoms with E-state index in [-0.39, 0.29) is 5.41 Å². The lowest BCUT2D eigenvalue weighted by atomic mass is 9.92. The predicted octanol–water partition coefficient (Wildman–Crippen LogP) is 2.55. The highest BCUT2D eigenvalue weighted by atomic mass is 15.3. The van der Waals surface area contributed by atoms with Gasteiger partial charge in [-0.25, -0.2) is 0 Å². The fourth-order valence-corrected chi connectivity index (χ4v) is 2.57. The molecule has 0 unspecified atom stereocenters. The van der Waals surface area contributed by atoms with Crippen LogP contribution in [0.25, 0.3) is 0 Å². The highest BCUT2D eigenvalue weighted by Gasteiger charge is 2.20. The van der Waals surface area contributed by atoms with Crippen molar-refractivity contribution in [3.8, 4) is 0 Å². The first-order valence-corrected chi connectivity index (χ1v) is 7.68. The van der Waals surface area contributed by atoms with Gasteiger partial charge in [0, 0.05) is 38.1 Å². The third kappa shape index (κ3) is 3.92. The van der Waals surface area contributed by atoms with Crippen LogP contribution in [0.2, 0.25) is 0 Å². The van der Waals surface area contributed by atoms with Gasteiger partial charge in [0.2, 0.25) is 0 Å². The second-order valence-corrected chi connectivity index (χ2v) is 7.21. The number of hydrogen-bond acceptors (Lipinski definition) is 4. The van der Waals surface area contributed by atoms with Crippen molar-refractivity contribution in [2.75, 3.05) is 37.6 Å². The first-order valence-electron chi connectivity index (χ1n) is 7.68. The summed E-state index contributed by atoms with van der Waals surface area (Å²) in [5.41, 5.74) is 1.13. The second-order valence-electron chi connectivity index (χ2n) is 7.21. The molecule has 1 aliphatic heterocycles. The van der Waals surface area contributed by atoms with E-state index in [9.17, 15) is 0 Å². The number of hydrogen-bond donors (Lipinski definition) is 0. The Morgan fingerprint density at radius 3 is 2.15 bits per heavy atom. The van der Waals surface area contributed by atoms with Crippen LogP contribution in [0.3, 0.4) is 0 Å². The van der Waals surface area contributed by atoms with E-state index in [1.165, 1.54) is 6.54 Å². The predicted molar refractivity (Wildman–Crippen MR) is 84.2 cm³/mol. The van der Waals surface area contributed by atoms with Gasteiger partial charge in [-0.2, -0.15) is 5.10 Å². The van der Waals surface area contributed by atoms with Crippen LogP contribution in [-0.2, 0) is 5.41 Å². The van der Waals surface area contributed by atoms with E-state index in [0.29, 0.717) is 0 Å². The Morgan fingerprint density at radius 2 is 1.70 bits per heavy atom. The standard InChI is InChI=1S/C16H28N4/c1-13(2)12-19-8-10-20(11-9-19)15-7-6-14(17-18-15)16(3,4)5/h6-7,13H,8-12H2,1-5H3. The molecule has 4 heteroatoms. The molecule has 0 saturated carbocycles. The van der Waals surface area contributed by atoms with Gasteiger partial charge in [-0.3, -0.25) is 4.90 Å². The molecule has 2 rings (SSSR count). The zero-order chi connectivity index (χ0) is 14.8. The zero-order valence-electron chi connectivity index (χ0n) is 13.6. The van der Waals surface area contributed by atoms with E-state index in [1.54, 1.807) is 0 Å². The Kier molecular flexibility index (Phi) is 4.63. The molecule has 0 aromatic carbocycles.